The van der Waals surface area contributed by atoms with E-state index in [2.05, 4.69) is 11.9 Å². The van der Waals surface area contributed by atoms with E-state index in [1.165, 1.54) is 6.42 Å². The summed E-state index contributed by atoms with van der Waals surface area (Å²) < 4.78 is 28.7. The standard InChI is InChI=1S/C13H26N2O3S/c1-15(9-12-3-2-6-18-10-12)13(11-14)4-7-19(16,17)8-5-13/h12H,2-11,14H2,1H3. The van der Waals surface area contributed by atoms with E-state index in [9.17, 15) is 8.42 Å². The molecule has 2 saturated heterocycles. The largest absolute Gasteiger partial charge is 0.381 e. The molecule has 2 rings (SSSR count). The van der Waals surface area contributed by atoms with Crippen LogP contribution in [0.25, 0.3) is 0 Å². The lowest BCUT2D eigenvalue weighted by Crippen LogP contribution is -2.57. The minimum absolute atomic E-state index is 0.136. The molecule has 0 spiro atoms. The smallest absolute Gasteiger partial charge is 0.150 e. The van der Waals surface area contributed by atoms with Gasteiger partial charge in [0.15, 0.2) is 0 Å². The highest BCUT2D eigenvalue weighted by molar-refractivity contribution is 7.91. The molecule has 5 nitrogen and oxygen atoms in total. The van der Waals surface area contributed by atoms with Crippen LogP contribution in [0, 0.1) is 5.92 Å². The van der Waals surface area contributed by atoms with Crippen molar-refractivity contribution < 1.29 is 13.2 Å². The number of likely N-dealkylation sites (N-methyl/N-ethyl adjacent to an activating group) is 1. The van der Waals surface area contributed by atoms with Crippen LogP contribution in [0.1, 0.15) is 25.7 Å². The third-order valence-corrected chi connectivity index (χ3v) is 6.39. The molecule has 0 saturated carbocycles. The second-order valence-corrected chi connectivity index (χ2v) is 8.35. The van der Waals surface area contributed by atoms with Gasteiger partial charge in [-0.05, 0) is 38.6 Å². The first-order chi connectivity index (χ1) is 8.97. The molecule has 0 aliphatic carbocycles. The fourth-order valence-electron chi connectivity index (χ4n) is 3.19. The van der Waals surface area contributed by atoms with Gasteiger partial charge in [0.05, 0.1) is 18.1 Å². The summed E-state index contributed by atoms with van der Waals surface area (Å²) in [7, 11) is -0.755. The molecule has 6 heteroatoms. The Morgan fingerprint density at radius 1 is 1.37 bits per heavy atom. The van der Waals surface area contributed by atoms with Crippen molar-refractivity contribution in [1.82, 2.24) is 4.90 Å². The zero-order chi connectivity index (χ0) is 13.9. The molecule has 0 aromatic carbocycles. The Bertz CT molecular complexity index is 377. The Kier molecular flexibility index (Phi) is 4.87. The average molecular weight is 290 g/mol. The van der Waals surface area contributed by atoms with E-state index in [0.29, 0.717) is 25.3 Å². The predicted octanol–water partition coefficient (Wildman–Crippen LogP) is 0.251. The number of ether oxygens (including phenoxy) is 1. The summed E-state index contributed by atoms with van der Waals surface area (Å²) in [5.41, 5.74) is 5.83. The molecular weight excluding hydrogens is 264 g/mol. The maximum Gasteiger partial charge on any atom is 0.150 e. The maximum absolute atomic E-state index is 11.6. The van der Waals surface area contributed by atoms with E-state index in [0.717, 1.165) is 26.2 Å². The number of nitrogens with zero attached hydrogens (tertiary/aromatic N) is 1. The second kappa shape index (κ2) is 6.08. The van der Waals surface area contributed by atoms with E-state index < -0.39 is 9.84 Å². The Labute approximate surface area is 116 Å². The number of nitrogens with two attached hydrogens (primary N) is 1. The van der Waals surface area contributed by atoms with E-state index in [4.69, 9.17) is 10.5 Å². The van der Waals surface area contributed by atoms with Crippen LogP contribution < -0.4 is 5.73 Å². The van der Waals surface area contributed by atoms with Crippen LogP contribution in [-0.4, -0.2) is 63.7 Å². The van der Waals surface area contributed by atoms with Gasteiger partial charge in [-0.1, -0.05) is 0 Å². The van der Waals surface area contributed by atoms with Crippen LogP contribution in [0.15, 0.2) is 0 Å². The fraction of sp³-hybridized carbons (Fsp3) is 1.00. The molecule has 0 aromatic rings. The number of sulfone groups is 1. The quantitative estimate of drug-likeness (QED) is 0.803. The Hall–Kier alpha value is -0.170. The number of hydrogen-bond acceptors (Lipinski definition) is 5. The van der Waals surface area contributed by atoms with Crippen molar-refractivity contribution in [3.8, 4) is 0 Å². The van der Waals surface area contributed by atoms with E-state index >= 15 is 0 Å². The van der Waals surface area contributed by atoms with Gasteiger partial charge in [0, 0.05) is 25.2 Å². The Morgan fingerprint density at radius 2 is 2.05 bits per heavy atom. The molecule has 0 radical (unpaired) electrons. The second-order valence-electron chi connectivity index (χ2n) is 6.04. The molecule has 2 aliphatic heterocycles. The first-order valence-corrected chi connectivity index (χ1v) is 8.99. The van der Waals surface area contributed by atoms with Crippen LogP contribution in [0.4, 0.5) is 0 Å². The zero-order valence-electron chi connectivity index (χ0n) is 11.8. The van der Waals surface area contributed by atoms with Crippen LogP contribution in [0.2, 0.25) is 0 Å². The lowest BCUT2D eigenvalue weighted by Gasteiger charge is -2.45. The average Bonchev–Trinajstić information content (AvgIpc) is 2.40. The molecule has 1 atom stereocenters. The molecule has 19 heavy (non-hydrogen) atoms. The van der Waals surface area contributed by atoms with E-state index in [1.54, 1.807) is 0 Å². The van der Waals surface area contributed by atoms with Crippen molar-refractivity contribution in [2.75, 3.05) is 44.9 Å². The summed E-state index contributed by atoms with van der Waals surface area (Å²) in [5, 5.41) is 0. The van der Waals surface area contributed by atoms with Crippen LogP contribution in [0.3, 0.4) is 0 Å². The van der Waals surface area contributed by atoms with Gasteiger partial charge in [0.2, 0.25) is 0 Å². The minimum Gasteiger partial charge on any atom is -0.381 e. The first kappa shape index (κ1) is 15.2. The molecule has 112 valence electrons. The molecule has 0 bridgehead atoms. The van der Waals surface area contributed by atoms with Crippen LogP contribution in [0.5, 0.6) is 0 Å². The Morgan fingerprint density at radius 3 is 2.58 bits per heavy atom. The van der Waals surface area contributed by atoms with Gasteiger partial charge in [-0.25, -0.2) is 8.42 Å². The Balaban J connectivity index is 1.96. The SMILES string of the molecule is CN(CC1CCCOC1)C1(CN)CCS(=O)(=O)CC1. The van der Waals surface area contributed by atoms with Gasteiger partial charge in [0.25, 0.3) is 0 Å². The minimum atomic E-state index is -2.84. The summed E-state index contributed by atoms with van der Waals surface area (Å²) in [6, 6.07) is 0. The van der Waals surface area contributed by atoms with E-state index in [1.807, 2.05) is 0 Å². The number of hydrogen-bond donors (Lipinski definition) is 1. The van der Waals surface area contributed by atoms with E-state index in [-0.39, 0.29) is 17.0 Å². The third kappa shape index (κ3) is 3.68. The summed E-state index contributed by atoms with van der Waals surface area (Å²) in [5.74, 6) is 1.10. The van der Waals surface area contributed by atoms with Gasteiger partial charge in [-0.2, -0.15) is 0 Å². The molecular formula is C13H26N2O3S. The van der Waals surface area contributed by atoms with Gasteiger partial charge < -0.3 is 10.5 Å². The lowest BCUT2D eigenvalue weighted by atomic mass is 9.89. The van der Waals surface area contributed by atoms with Crippen LogP contribution >= 0.6 is 0 Å². The van der Waals surface area contributed by atoms with Crippen molar-refractivity contribution in [2.45, 2.75) is 31.2 Å². The summed E-state index contributed by atoms with van der Waals surface area (Å²) >= 11 is 0. The number of rotatable bonds is 4. The monoisotopic (exact) mass is 290 g/mol. The molecule has 2 fully saturated rings. The highest BCUT2D eigenvalue weighted by Crippen LogP contribution is 2.30. The fourth-order valence-corrected chi connectivity index (χ4v) is 4.78. The van der Waals surface area contributed by atoms with Gasteiger partial charge in [0.1, 0.15) is 9.84 Å². The molecule has 1 unspecified atom stereocenters. The van der Waals surface area contributed by atoms with Gasteiger partial charge >= 0.3 is 0 Å². The van der Waals surface area contributed by atoms with Crippen molar-refractivity contribution >= 4 is 9.84 Å². The predicted molar refractivity (Wildman–Crippen MR) is 75.8 cm³/mol. The van der Waals surface area contributed by atoms with Crippen molar-refractivity contribution in [3.63, 3.8) is 0 Å². The zero-order valence-corrected chi connectivity index (χ0v) is 12.6. The summed E-state index contributed by atoms with van der Waals surface area (Å²) in [6.45, 7) is 3.19. The third-order valence-electron chi connectivity index (χ3n) is 4.73. The highest BCUT2D eigenvalue weighted by atomic mass is 32.2. The maximum atomic E-state index is 11.6. The van der Waals surface area contributed by atoms with Crippen molar-refractivity contribution in [1.29, 1.82) is 0 Å². The molecule has 2 heterocycles. The van der Waals surface area contributed by atoms with Gasteiger partial charge in [-0.15, -0.1) is 0 Å². The summed E-state index contributed by atoms with van der Waals surface area (Å²) in [4.78, 5) is 2.29. The normalized spacial score (nSPS) is 30.4. The molecule has 0 aromatic heterocycles. The molecule has 2 aliphatic rings. The lowest BCUT2D eigenvalue weighted by molar-refractivity contribution is 0.0178. The molecule has 0 amide bonds. The highest BCUT2D eigenvalue weighted by Gasteiger charge is 2.40. The summed E-state index contributed by atoms with van der Waals surface area (Å²) in [6.07, 6.45) is 3.65. The topological polar surface area (TPSA) is 72.6 Å². The van der Waals surface area contributed by atoms with Crippen molar-refractivity contribution in [2.24, 2.45) is 11.7 Å². The van der Waals surface area contributed by atoms with Gasteiger partial charge in [-0.3, -0.25) is 4.90 Å². The first-order valence-electron chi connectivity index (χ1n) is 7.17. The molecule has 2 N–H and O–H groups in total. The van der Waals surface area contributed by atoms with Crippen LogP contribution in [-0.2, 0) is 14.6 Å². The van der Waals surface area contributed by atoms with Crippen molar-refractivity contribution in [3.05, 3.63) is 0 Å².